The number of ether oxygens (including phenoxy) is 1. The summed E-state index contributed by atoms with van der Waals surface area (Å²) in [6.45, 7) is 11.7. The van der Waals surface area contributed by atoms with Crippen LogP contribution in [0.2, 0.25) is 0 Å². The summed E-state index contributed by atoms with van der Waals surface area (Å²) in [6.07, 6.45) is 2.99. The maximum Gasteiger partial charge on any atom is 0.0776 e. The minimum atomic E-state index is -0.107. The fourth-order valence-corrected chi connectivity index (χ4v) is 3.12. The second kappa shape index (κ2) is 5.41. The molecule has 0 aromatic rings. The van der Waals surface area contributed by atoms with Gasteiger partial charge in [-0.1, -0.05) is 17.3 Å². The first-order valence-electron chi connectivity index (χ1n) is 6.77. The number of oxime groups is 1. The van der Waals surface area contributed by atoms with E-state index in [0.29, 0.717) is 5.92 Å². The van der Waals surface area contributed by atoms with Crippen LogP contribution < -0.4 is 0 Å². The van der Waals surface area contributed by atoms with Gasteiger partial charge in [0, 0.05) is 13.1 Å². The van der Waals surface area contributed by atoms with E-state index in [-0.39, 0.29) is 5.54 Å². The van der Waals surface area contributed by atoms with E-state index >= 15 is 0 Å². The molecule has 102 valence electrons. The van der Waals surface area contributed by atoms with Crippen LogP contribution in [0, 0.1) is 5.92 Å². The quantitative estimate of drug-likeness (QED) is 0.466. The zero-order valence-corrected chi connectivity index (χ0v) is 11.5. The Morgan fingerprint density at radius 3 is 2.72 bits per heavy atom. The number of nitrogens with zero attached hydrogens (tertiary/aromatic N) is 2. The van der Waals surface area contributed by atoms with E-state index in [0.717, 1.165) is 51.3 Å². The monoisotopic (exact) mass is 252 g/mol. The van der Waals surface area contributed by atoms with Gasteiger partial charge in [-0.2, -0.15) is 0 Å². The van der Waals surface area contributed by atoms with Crippen molar-refractivity contribution in [2.75, 3.05) is 26.3 Å². The van der Waals surface area contributed by atoms with E-state index in [2.05, 4.69) is 30.5 Å². The summed E-state index contributed by atoms with van der Waals surface area (Å²) in [6, 6.07) is 0. The van der Waals surface area contributed by atoms with Gasteiger partial charge in [-0.25, -0.2) is 0 Å². The van der Waals surface area contributed by atoms with E-state index in [1.165, 1.54) is 5.57 Å². The molecule has 1 aliphatic heterocycles. The van der Waals surface area contributed by atoms with E-state index in [1.54, 1.807) is 0 Å². The lowest BCUT2D eigenvalue weighted by atomic mass is 9.73. The molecule has 4 heteroatoms. The van der Waals surface area contributed by atoms with Crippen LogP contribution in [0.4, 0.5) is 0 Å². The Bertz CT molecular complexity index is 348. The molecule has 0 spiro atoms. The van der Waals surface area contributed by atoms with Crippen LogP contribution in [-0.2, 0) is 4.74 Å². The summed E-state index contributed by atoms with van der Waals surface area (Å²) in [5.41, 5.74) is 1.99. The van der Waals surface area contributed by atoms with Crippen molar-refractivity contribution in [1.29, 1.82) is 0 Å². The van der Waals surface area contributed by atoms with Crippen LogP contribution in [0.25, 0.3) is 0 Å². The summed E-state index contributed by atoms with van der Waals surface area (Å²) in [5, 5.41) is 13.0. The van der Waals surface area contributed by atoms with Gasteiger partial charge in [-0.15, -0.1) is 0 Å². The Kier molecular flexibility index (Phi) is 4.07. The van der Waals surface area contributed by atoms with Crippen molar-refractivity contribution >= 4 is 5.71 Å². The van der Waals surface area contributed by atoms with E-state index in [9.17, 15) is 5.21 Å². The third-order valence-electron chi connectivity index (χ3n) is 4.57. The van der Waals surface area contributed by atoms with E-state index in [4.69, 9.17) is 4.74 Å². The standard InChI is InChI=1S/C14H24N2O2/c1-11(2)12-4-5-14(3,13(10-12)15-17)16-6-8-18-9-7-16/h12,17H,1,4-10H2,2-3H3. The molecule has 0 radical (unpaired) electrons. The zero-order chi connectivity index (χ0) is 13.2. The highest BCUT2D eigenvalue weighted by Gasteiger charge is 2.42. The van der Waals surface area contributed by atoms with Crippen LogP contribution >= 0.6 is 0 Å². The number of rotatable bonds is 2. The Hall–Kier alpha value is -0.870. The number of hydrogen-bond acceptors (Lipinski definition) is 4. The summed E-state index contributed by atoms with van der Waals surface area (Å²) in [7, 11) is 0. The highest BCUT2D eigenvalue weighted by Crippen LogP contribution is 2.37. The molecule has 2 aliphatic rings. The molecule has 0 bridgehead atoms. The molecule has 2 fully saturated rings. The first-order chi connectivity index (χ1) is 8.58. The van der Waals surface area contributed by atoms with Gasteiger partial charge in [0.05, 0.1) is 24.5 Å². The fraction of sp³-hybridized carbons (Fsp3) is 0.786. The number of allylic oxidation sites excluding steroid dienone is 1. The van der Waals surface area contributed by atoms with Crippen molar-refractivity contribution in [2.45, 2.75) is 38.6 Å². The van der Waals surface area contributed by atoms with Gasteiger partial charge in [-0.05, 0) is 39.0 Å². The van der Waals surface area contributed by atoms with Crippen molar-refractivity contribution in [2.24, 2.45) is 11.1 Å². The molecule has 1 saturated carbocycles. The highest BCUT2D eigenvalue weighted by molar-refractivity contribution is 5.94. The van der Waals surface area contributed by atoms with Crippen molar-refractivity contribution in [1.82, 2.24) is 4.90 Å². The minimum Gasteiger partial charge on any atom is -0.411 e. The molecule has 0 amide bonds. The normalized spacial score (nSPS) is 36.8. The summed E-state index contributed by atoms with van der Waals surface area (Å²) < 4.78 is 5.41. The lowest BCUT2D eigenvalue weighted by Gasteiger charge is -2.47. The molecular weight excluding hydrogens is 228 g/mol. The first-order valence-corrected chi connectivity index (χ1v) is 6.77. The number of morpholine rings is 1. The van der Waals surface area contributed by atoms with Gasteiger partial charge >= 0.3 is 0 Å². The zero-order valence-electron chi connectivity index (χ0n) is 11.5. The van der Waals surface area contributed by atoms with E-state index < -0.39 is 0 Å². The van der Waals surface area contributed by atoms with Crippen molar-refractivity contribution in [3.8, 4) is 0 Å². The fourth-order valence-electron chi connectivity index (χ4n) is 3.12. The molecule has 2 unspecified atom stereocenters. The van der Waals surface area contributed by atoms with E-state index in [1.807, 2.05) is 0 Å². The number of hydrogen-bond donors (Lipinski definition) is 1. The first kappa shape index (κ1) is 13.6. The lowest BCUT2D eigenvalue weighted by Crippen LogP contribution is -2.58. The van der Waals surface area contributed by atoms with Crippen LogP contribution in [0.1, 0.15) is 33.1 Å². The van der Waals surface area contributed by atoms with Gasteiger partial charge in [0.1, 0.15) is 0 Å². The average molecular weight is 252 g/mol. The Morgan fingerprint density at radius 2 is 2.17 bits per heavy atom. The topological polar surface area (TPSA) is 45.1 Å². The molecule has 1 saturated heterocycles. The van der Waals surface area contributed by atoms with Crippen molar-refractivity contribution < 1.29 is 9.94 Å². The van der Waals surface area contributed by atoms with Crippen LogP contribution in [0.15, 0.2) is 17.3 Å². The largest absolute Gasteiger partial charge is 0.411 e. The molecule has 1 N–H and O–H groups in total. The molecule has 2 rings (SSSR count). The van der Waals surface area contributed by atoms with Crippen molar-refractivity contribution in [3.05, 3.63) is 12.2 Å². The minimum absolute atomic E-state index is 0.107. The summed E-state index contributed by atoms with van der Waals surface area (Å²) in [5.74, 6) is 0.463. The van der Waals surface area contributed by atoms with Gasteiger partial charge in [-0.3, -0.25) is 4.90 Å². The molecule has 2 atom stereocenters. The average Bonchev–Trinajstić information content (AvgIpc) is 2.40. The van der Waals surface area contributed by atoms with Gasteiger partial charge in [0.25, 0.3) is 0 Å². The van der Waals surface area contributed by atoms with Crippen LogP contribution in [0.3, 0.4) is 0 Å². The maximum absolute atomic E-state index is 9.36. The van der Waals surface area contributed by atoms with Gasteiger partial charge < -0.3 is 9.94 Å². The molecule has 1 heterocycles. The smallest absolute Gasteiger partial charge is 0.0776 e. The second-order valence-electron chi connectivity index (χ2n) is 5.71. The van der Waals surface area contributed by atoms with Crippen LogP contribution in [0.5, 0.6) is 0 Å². The third-order valence-corrected chi connectivity index (χ3v) is 4.57. The molecule has 4 nitrogen and oxygen atoms in total. The molecular formula is C14H24N2O2. The van der Waals surface area contributed by atoms with Crippen molar-refractivity contribution in [3.63, 3.8) is 0 Å². The molecule has 0 aromatic carbocycles. The Labute approximate surface area is 109 Å². The lowest BCUT2D eigenvalue weighted by molar-refractivity contribution is -0.00228. The predicted octanol–water partition coefficient (Wildman–Crippen LogP) is 2.28. The Balaban J connectivity index is 2.14. The Morgan fingerprint density at radius 1 is 1.50 bits per heavy atom. The summed E-state index contributed by atoms with van der Waals surface area (Å²) >= 11 is 0. The van der Waals surface area contributed by atoms with Crippen LogP contribution in [-0.4, -0.2) is 47.7 Å². The SMILES string of the molecule is C=C(C)C1CCC(C)(N2CCOCC2)C(=NO)C1. The van der Waals surface area contributed by atoms with Gasteiger partial charge in [0.15, 0.2) is 0 Å². The highest BCUT2D eigenvalue weighted by atomic mass is 16.5. The predicted molar refractivity (Wildman–Crippen MR) is 72.2 cm³/mol. The maximum atomic E-state index is 9.36. The molecule has 18 heavy (non-hydrogen) atoms. The third kappa shape index (κ3) is 2.45. The van der Waals surface area contributed by atoms with Gasteiger partial charge in [0.2, 0.25) is 0 Å². The molecule has 0 aromatic heterocycles. The molecule has 1 aliphatic carbocycles. The second-order valence-corrected chi connectivity index (χ2v) is 5.71. The summed E-state index contributed by atoms with van der Waals surface area (Å²) in [4.78, 5) is 2.40.